The molecule has 3 rings (SSSR count). The maximum Gasteiger partial charge on any atom is 0.244 e. The lowest BCUT2D eigenvalue weighted by atomic mass is 10.1. The number of benzene rings is 2. The fraction of sp³-hybridized carbons (Fsp3) is 0.417. The fourth-order valence-electron chi connectivity index (χ4n) is 3.65. The Balaban J connectivity index is 1.57. The molecule has 0 saturated carbocycles. The molecule has 31 heavy (non-hydrogen) atoms. The van der Waals surface area contributed by atoms with Crippen LogP contribution in [0.3, 0.4) is 0 Å². The highest BCUT2D eigenvalue weighted by molar-refractivity contribution is 5.95. The van der Waals surface area contributed by atoms with Gasteiger partial charge in [0, 0.05) is 25.3 Å². The van der Waals surface area contributed by atoms with Crippen molar-refractivity contribution in [1.82, 2.24) is 9.80 Å². The summed E-state index contributed by atoms with van der Waals surface area (Å²) in [6.07, 6.45) is 0.566. The maximum absolute atomic E-state index is 13.2. The Morgan fingerprint density at radius 1 is 1.19 bits per heavy atom. The van der Waals surface area contributed by atoms with Crippen LogP contribution in [0.2, 0.25) is 0 Å². The summed E-state index contributed by atoms with van der Waals surface area (Å²) in [5.74, 6) is -0.574. The zero-order valence-electron chi connectivity index (χ0n) is 18.1. The van der Waals surface area contributed by atoms with E-state index in [2.05, 4.69) is 5.32 Å². The van der Waals surface area contributed by atoms with E-state index < -0.39 is 0 Å². The van der Waals surface area contributed by atoms with Crippen molar-refractivity contribution in [2.75, 3.05) is 44.6 Å². The summed E-state index contributed by atoms with van der Waals surface area (Å²) < 4.78 is 19.0. The number of rotatable bonds is 8. The lowest BCUT2D eigenvalue weighted by Gasteiger charge is -2.34. The smallest absolute Gasteiger partial charge is 0.244 e. The zero-order valence-corrected chi connectivity index (χ0v) is 18.1. The van der Waals surface area contributed by atoms with E-state index in [1.54, 1.807) is 17.0 Å². The Labute approximate surface area is 183 Å². The van der Waals surface area contributed by atoms with Gasteiger partial charge in [0.1, 0.15) is 5.82 Å². The van der Waals surface area contributed by atoms with E-state index in [0.717, 1.165) is 23.2 Å². The third-order valence-electron chi connectivity index (χ3n) is 5.35. The molecule has 0 aromatic heterocycles. The van der Waals surface area contributed by atoms with Gasteiger partial charge in [0.15, 0.2) is 0 Å². The molecule has 7 heteroatoms. The number of anilines is 1. The standard InChI is InChI=1S/C24H30FN3O3/c1-3-12-28(16-23(29)26-21-7-5-4-6-18(21)2)24(30)17-27-13-14-31-22(15-27)19-8-10-20(25)11-9-19/h4-11,22H,3,12-17H2,1-2H3,(H,26,29). The van der Waals surface area contributed by atoms with Gasteiger partial charge in [0.25, 0.3) is 0 Å². The third kappa shape index (κ3) is 6.60. The van der Waals surface area contributed by atoms with E-state index in [4.69, 9.17) is 4.74 Å². The first-order valence-corrected chi connectivity index (χ1v) is 10.7. The lowest BCUT2D eigenvalue weighted by Crippen LogP contribution is -2.47. The number of hydrogen-bond donors (Lipinski definition) is 1. The molecule has 1 fully saturated rings. The molecule has 166 valence electrons. The number of halogens is 1. The molecule has 1 N–H and O–H groups in total. The maximum atomic E-state index is 13.2. The van der Waals surface area contributed by atoms with Gasteiger partial charge in [-0.2, -0.15) is 0 Å². The van der Waals surface area contributed by atoms with Crippen LogP contribution in [0.15, 0.2) is 48.5 Å². The minimum absolute atomic E-state index is 0.0206. The van der Waals surface area contributed by atoms with Crippen molar-refractivity contribution in [2.45, 2.75) is 26.4 Å². The number of amides is 2. The summed E-state index contributed by atoms with van der Waals surface area (Å²) in [6, 6.07) is 13.8. The molecule has 2 amide bonds. The summed E-state index contributed by atoms with van der Waals surface area (Å²) in [7, 11) is 0. The number of nitrogens with one attached hydrogen (secondary N) is 1. The SMILES string of the molecule is CCCN(CC(=O)Nc1ccccc1C)C(=O)CN1CCOC(c2ccc(F)cc2)C1. The first-order chi connectivity index (χ1) is 15.0. The molecular formula is C24H30FN3O3. The Morgan fingerprint density at radius 2 is 1.94 bits per heavy atom. The Bertz CT molecular complexity index is 888. The van der Waals surface area contributed by atoms with Gasteiger partial charge in [0.05, 0.1) is 25.8 Å². The highest BCUT2D eigenvalue weighted by Gasteiger charge is 2.26. The van der Waals surface area contributed by atoms with Crippen LogP contribution in [0.5, 0.6) is 0 Å². The van der Waals surface area contributed by atoms with Gasteiger partial charge in [-0.15, -0.1) is 0 Å². The average molecular weight is 428 g/mol. The summed E-state index contributed by atoms with van der Waals surface area (Å²) in [5.41, 5.74) is 2.62. The Kier molecular flexibility index (Phi) is 8.14. The second kappa shape index (κ2) is 11.0. The number of carbonyl (C=O) groups excluding carboxylic acids is 2. The predicted octanol–water partition coefficient (Wildman–Crippen LogP) is 3.38. The van der Waals surface area contributed by atoms with Crippen LogP contribution in [0.4, 0.5) is 10.1 Å². The van der Waals surface area contributed by atoms with E-state index in [1.807, 2.05) is 43.0 Å². The number of nitrogens with zero attached hydrogens (tertiary/aromatic N) is 2. The second-order valence-electron chi connectivity index (χ2n) is 7.82. The molecule has 0 bridgehead atoms. The van der Waals surface area contributed by atoms with Crippen LogP contribution in [0.25, 0.3) is 0 Å². The van der Waals surface area contributed by atoms with E-state index >= 15 is 0 Å². The van der Waals surface area contributed by atoms with Gasteiger partial charge in [-0.1, -0.05) is 37.3 Å². The first-order valence-electron chi connectivity index (χ1n) is 10.7. The van der Waals surface area contributed by atoms with E-state index in [9.17, 15) is 14.0 Å². The molecule has 0 aliphatic carbocycles. The van der Waals surface area contributed by atoms with Crippen LogP contribution in [0, 0.1) is 12.7 Å². The van der Waals surface area contributed by atoms with Crippen molar-refractivity contribution in [3.05, 3.63) is 65.5 Å². The van der Waals surface area contributed by atoms with E-state index in [1.165, 1.54) is 12.1 Å². The van der Waals surface area contributed by atoms with Crippen LogP contribution in [-0.4, -0.2) is 60.9 Å². The van der Waals surface area contributed by atoms with Crippen molar-refractivity contribution >= 4 is 17.5 Å². The predicted molar refractivity (Wildman–Crippen MR) is 118 cm³/mol. The summed E-state index contributed by atoms with van der Waals surface area (Å²) >= 11 is 0. The van der Waals surface area contributed by atoms with Gasteiger partial charge in [-0.25, -0.2) is 4.39 Å². The molecule has 1 aliphatic heterocycles. The lowest BCUT2D eigenvalue weighted by molar-refractivity contribution is -0.137. The molecule has 2 aromatic carbocycles. The normalized spacial score (nSPS) is 16.7. The average Bonchev–Trinajstić information content (AvgIpc) is 2.76. The van der Waals surface area contributed by atoms with Crippen molar-refractivity contribution < 1.29 is 18.7 Å². The van der Waals surface area contributed by atoms with Crippen molar-refractivity contribution in [2.24, 2.45) is 0 Å². The monoisotopic (exact) mass is 427 g/mol. The molecule has 2 aromatic rings. The van der Waals surface area contributed by atoms with Crippen molar-refractivity contribution in [1.29, 1.82) is 0 Å². The quantitative estimate of drug-likeness (QED) is 0.702. The van der Waals surface area contributed by atoms with Crippen LogP contribution in [-0.2, 0) is 14.3 Å². The van der Waals surface area contributed by atoms with Crippen LogP contribution >= 0.6 is 0 Å². The molecular weight excluding hydrogens is 397 g/mol. The molecule has 1 atom stereocenters. The number of hydrogen-bond acceptors (Lipinski definition) is 4. The molecule has 0 spiro atoms. The fourth-order valence-corrected chi connectivity index (χ4v) is 3.65. The Morgan fingerprint density at radius 3 is 2.65 bits per heavy atom. The van der Waals surface area contributed by atoms with Crippen LogP contribution in [0.1, 0.15) is 30.6 Å². The zero-order chi connectivity index (χ0) is 22.2. The minimum Gasteiger partial charge on any atom is -0.371 e. The largest absolute Gasteiger partial charge is 0.371 e. The second-order valence-corrected chi connectivity index (χ2v) is 7.82. The molecule has 1 unspecified atom stereocenters. The van der Waals surface area contributed by atoms with Gasteiger partial charge < -0.3 is 15.0 Å². The third-order valence-corrected chi connectivity index (χ3v) is 5.35. The van der Waals surface area contributed by atoms with Crippen molar-refractivity contribution in [3.8, 4) is 0 Å². The molecule has 1 heterocycles. The van der Waals surface area contributed by atoms with E-state index in [-0.39, 0.29) is 36.8 Å². The summed E-state index contributed by atoms with van der Waals surface area (Å²) in [6.45, 7) is 6.36. The van der Waals surface area contributed by atoms with Crippen LogP contribution < -0.4 is 5.32 Å². The molecule has 1 saturated heterocycles. The number of carbonyl (C=O) groups is 2. The van der Waals surface area contributed by atoms with E-state index in [0.29, 0.717) is 26.2 Å². The molecule has 0 radical (unpaired) electrons. The van der Waals surface area contributed by atoms with Crippen molar-refractivity contribution in [3.63, 3.8) is 0 Å². The number of morpholine rings is 1. The number of ether oxygens (including phenoxy) is 1. The highest BCUT2D eigenvalue weighted by atomic mass is 19.1. The minimum atomic E-state index is -0.286. The topological polar surface area (TPSA) is 61.9 Å². The summed E-state index contributed by atoms with van der Waals surface area (Å²) in [5, 5.41) is 2.89. The number of aryl methyl sites for hydroxylation is 1. The Hall–Kier alpha value is -2.77. The molecule has 1 aliphatic rings. The highest BCUT2D eigenvalue weighted by Crippen LogP contribution is 2.22. The van der Waals surface area contributed by atoms with Gasteiger partial charge in [-0.3, -0.25) is 14.5 Å². The van der Waals surface area contributed by atoms with Gasteiger partial charge >= 0.3 is 0 Å². The molecule has 6 nitrogen and oxygen atoms in total. The van der Waals surface area contributed by atoms with Gasteiger partial charge in [-0.05, 0) is 42.7 Å². The van der Waals surface area contributed by atoms with Gasteiger partial charge in [0.2, 0.25) is 11.8 Å². The summed E-state index contributed by atoms with van der Waals surface area (Å²) in [4.78, 5) is 29.1. The first kappa shape index (κ1) is 22.9. The number of para-hydroxylation sites is 1.